The summed E-state index contributed by atoms with van der Waals surface area (Å²) in [4.78, 5) is 0. The molecule has 2 saturated heterocycles. The Hall–Kier alpha value is -0.380. The van der Waals surface area contributed by atoms with Crippen molar-refractivity contribution in [2.75, 3.05) is 13.7 Å². The monoisotopic (exact) mass is 294 g/mol. The first kappa shape index (κ1) is 15.5. The first-order valence-corrected chi connectivity index (χ1v) is 8.45. The summed E-state index contributed by atoms with van der Waals surface area (Å²) < 4.78 is 18.1. The average molecular weight is 294 g/mol. The van der Waals surface area contributed by atoms with Crippen LogP contribution < -0.4 is 0 Å². The first-order chi connectivity index (χ1) is 9.97. The van der Waals surface area contributed by atoms with E-state index in [0.29, 0.717) is 17.9 Å². The summed E-state index contributed by atoms with van der Waals surface area (Å²) in [6.07, 6.45) is 7.47. The highest BCUT2D eigenvalue weighted by molar-refractivity contribution is 5.20. The molecule has 0 N–H and O–H groups in total. The number of ether oxygens (including phenoxy) is 3. The first-order valence-electron chi connectivity index (χ1n) is 8.45. The zero-order chi connectivity index (χ0) is 15.3. The van der Waals surface area contributed by atoms with Crippen molar-refractivity contribution < 1.29 is 14.2 Å². The number of hydrogen-bond acceptors (Lipinski definition) is 3. The summed E-state index contributed by atoms with van der Waals surface area (Å²) in [5.41, 5.74) is 1.33. The molecule has 3 rings (SSSR count). The summed E-state index contributed by atoms with van der Waals surface area (Å²) in [7, 11) is 1.86. The molecule has 6 atom stereocenters. The van der Waals surface area contributed by atoms with Gasteiger partial charge in [-0.2, -0.15) is 0 Å². The van der Waals surface area contributed by atoms with E-state index < -0.39 is 0 Å². The molecule has 120 valence electrons. The number of allylic oxidation sites excluding steroid dienone is 1. The maximum atomic E-state index is 6.19. The molecule has 1 saturated carbocycles. The van der Waals surface area contributed by atoms with E-state index in [-0.39, 0.29) is 17.3 Å². The van der Waals surface area contributed by atoms with Crippen molar-refractivity contribution in [1.29, 1.82) is 0 Å². The van der Waals surface area contributed by atoms with Gasteiger partial charge in [-0.1, -0.05) is 25.0 Å². The molecule has 2 heterocycles. The summed E-state index contributed by atoms with van der Waals surface area (Å²) in [6.45, 7) is 9.74. The Morgan fingerprint density at radius 3 is 2.62 bits per heavy atom. The molecule has 0 radical (unpaired) electrons. The second-order valence-electron chi connectivity index (χ2n) is 7.55. The highest BCUT2D eigenvalue weighted by Gasteiger charge is 2.71. The molecule has 6 unspecified atom stereocenters. The van der Waals surface area contributed by atoms with Gasteiger partial charge in [-0.05, 0) is 46.0 Å². The van der Waals surface area contributed by atoms with Crippen LogP contribution in [0.3, 0.4) is 0 Å². The fourth-order valence-electron chi connectivity index (χ4n) is 4.52. The fraction of sp³-hybridized carbons (Fsp3) is 0.889. The fourth-order valence-corrected chi connectivity index (χ4v) is 4.52. The Bertz CT molecular complexity index is 422. The van der Waals surface area contributed by atoms with Crippen LogP contribution in [0.2, 0.25) is 0 Å². The number of rotatable bonds is 5. The van der Waals surface area contributed by atoms with Gasteiger partial charge in [-0.15, -0.1) is 0 Å². The van der Waals surface area contributed by atoms with Crippen LogP contribution in [0.4, 0.5) is 0 Å². The molecule has 0 aromatic carbocycles. The third kappa shape index (κ3) is 2.58. The van der Waals surface area contributed by atoms with Gasteiger partial charge in [-0.25, -0.2) is 0 Å². The SMILES string of the molecule is CCC1CCC2(CO2)C(C2(C)OC2CC=C(C)C)C1OC. The molecule has 0 amide bonds. The van der Waals surface area contributed by atoms with Crippen molar-refractivity contribution in [2.24, 2.45) is 11.8 Å². The van der Waals surface area contributed by atoms with Crippen LogP contribution >= 0.6 is 0 Å². The third-order valence-electron chi connectivity index (χ3n) is 5.95. The Balaban J connectivity index is 1.79. The Labute approximate surface area is 129 Å². The maximum Gasteiger partial charge on any atom is 0.100 e. The molecular weight excluding hydrogens is 264 g/mol. The lowest BCUT2D eigenvalue weighted by Crippen LogP contribution is -2.52. The van der Waals surface area contributed by atoms with Gasteiger partial charge in [0.2, 0.25) is 0 Å². The molecular formula is C18H30O3. The minimum atomic E-state index is -0.0725. The van der Waals surface area contributed by atoms with Crippen molar-refractivity contribution in [1.82, 2.24) is 0 Å². The predicted octanol–water partition coefficient (Wildman–Crippen LogP) is 3.72. The Morgan fingerprint density at radius 1 is 1.38 bits per heavy atom. The van der Waals surface area contributed by atoms with E-state index in [1.807, 2.05) is 7.11 Å². The van der Waals surface area contributed by atoms with Gasteiger partial charge in [0, 0.05) is 13.0 Å². The highest BCUT2D eigenvalue weighted by Crippen LogP contribution is 2.60. The van der Waals surface area contributed by atoms with Crippen LogP contribution in [0.15, 0.2) is 11.6 Å². The van der Waals surface area contributed by atoms with Crippen molar-refractivity contribution >= 4 is 0 Å². The van der Waals surface area contributed by atoms with Crippen molar-refractivity contribution in [2.45, 2.75) is 76.8 Å². The smallest absolute Gasteiger partial charge is 0.100 e. The number of methoxy groups -OCH3 is 1. The van der Waals surface area contributed by atoms with Gasteiger partial charge in [0.25, 0.3) is 0 Å². The second-order valence-corrected chi connectivity index (χ2v) is 7.55. The maximum absolute atomic E-state index is 6.19. The lowest BCUT2D eigenvalue weighted by molar-refractivity contribution is -0.0830. The van der Waals surface area contributed by atoms with E-state index in [0.717, 1.165) is 13.0 Å². The van der Waals surface area contributed by atoms with Gasteiger partial charge >= 0.3 is 0 Å². The van der Waals surface area contributed by atoms with Crippen LogP contribution in [-0.2, 0) is 14.2 Å². The van der Waals surface area contributed by atoms with E-state index in [1.54, 1.807) is 0 Å². The zero-order valence-electron chi connectivity index (χ0n) is 14.1. The molecule has 0 aromatic rings. The van der Waals surface area contributed by atoms with Crippen molar-refractivity contribution in [3.8, 4) is 0 Å². The summed E-state index contributed by atoms with van der Waals surface area (Å²) in [5.74, 6) is 1.02. The predicted molar refractivity (Wildman–Crippen MR) is 83.3 cm³/mol. The van der Waals surface area contributed by atoms with Crippen LogP contribution in [0, 0.1) is 11.8 Å². The summed E-state index contributed by atoms with van der Waals surface area (Å²) in [6, 6.07) is 0. The summed E-state index contributed by atoms with van der Waals surface area (Å²) in [5, 5.41) is 0. The minimum Gasteiger partial charge on any atom is -0.381 e. The van der Waals surface area contributed by atoms with Crippen LogP contribution in [0.25, 0.3) is 0 Å². The van der Waals surface area contributed by atoms with Gasteiger partial charge in [0.1, 0.15) is 5.60 Å². The zero-order valence-corrected chi connectivity index (χ0v) is 14.1. The molecule has 0 bridgehead atoms. The summed E-state index contributed by atoms with van der Waals surface area (Å²) >= 11 is 0. The minimum absolute atomic E-state index is 0.0425. The molecule has 2 aliphatic heterocycles. The topological polar surface area (TPSA) is 34.3 Å². The quantitative estimate of drug-likeness (QED) is 0.572. The van der Waals surface area contributed by atoms with E-state index >= 15 is 0 Å². The van der Waals surface area contributed by atoms with Crippen molar-refractivity contribution in [3.63, 3.8) is 0 Å². The van der Waals surface area contributed by atoms with Crippen LogP contribution in [-0.4, -0.2) is 37.1 Å². The molecule has 3 fully saturated rings. The van der Waals surface area contributed by atoms with E-state index in [1.165, 1.54) is 24.8 Å². The normalized spacial score (nSPS) is 48.2. The molecule has 1 aliphatic carbocycles. The molecule has 0 aromatic heterocycles. The molecule has 3 aliphatic rings. The van der Waals surface area contributed by atoms with Gasteiger partial charge in [0.15, 0.2) is 0 Å². The van der Waals surface area contributed by atoms with E-state index in [2.05, 4.69) is 33.8 Å². The van der Waals surface area contributed by atoms with E-state index in [4.69, 9.17) is 14.2 Å². The largest absolute Gasteiger partial charge is 0.381 e. The standard InChI is InChI=1S/C18H30O3/c1-6-13-9-10-18(11-20-18)16(15(13)19-5)17(4)14(21-17)8-7-12(2)3/h7,13-16H,6,8-11H2,1-5H3. The van der Waals surface area contributed by atoms with Gasteiger partial charge in [-0.3, -0.25) is 0 Å². The molecule has 3 nitrogen and oxygen atoms in total. The van der Waals surface area contributed by atoms with Gasteiger partial charge < -0.3 is 14.2 Å². The third-order valence-corrected chi connectivity index (χ3v) is 5.95. The van der Waals surface area contributed by atoms with Crippen LogP contribution in [0.1, 0.15) is 53.4 Å². The number of epoxide rings is 2. The number of hydrogen-bond donors (Lipinski definition) is 0. The molecule has 3 heteroatoms. The lowest BCUT2D eigenvalue weighted by Gasteiger charge is -2.43. The second kappa shape index (κ2) is 5.36. The molecule has 21 heavy (non-hydrogen) atoms. The Kier molecular flexibility index (Phi) is 3.96. The van der Waals surface area contributed by atoms with Crippen molar-refractivity contribution in [3.05, 3.63) is 11.6 Å². The lowest BCUT2D eigenvalue weighted by atomic mass is 9.65. The highest BCUT2D eigenvalue weighted by atomic mass is 16.6. The average Bonchev–Trinajstić information content (AvgIpc) is 3.35. The van der Waals surface area contributed by atoms with Gasteiger partial charge in [0.05, 0.1) is 24.4 Å². The Morgan fingerprint density at radius 2 is 2.10 bits per heavy atom. The van der Waals surface area contributed by atoms with E-state index in [9.17, 15) is 0 Å². The van der Waals surface area contributed by atoms with Crippen LogP contribution in [0.5, 0.6) is 0 Å². The molecule has 1 spiro atoms.